The van der Waals surface area contributed by atoms with Gasteiger partial charge in [0, 0.05) is 0 Å². The van der Waals surface area contributed by atoms with Crippen LogP contribution in [0.5, 0.6) is 0 Å². The second-order valence-electron chi connectivity index (χ2n) is 4.25. The summed E-state index contributed by atoms with van der Waals surface area (Å²) < 4.78 is 0. The molecule has 0 atom stereocenters. The van der Waals surface area contributed by atoms with Crippen LogP contribution in [0.25, 0.3) is 0 Å². The quantitative estimate of drug-likeness (QED) is 0.321. The molecule has 0 rings (SSSR count). The van der Waals surface area contributed by atoms with E-state index in [-0.39, 0.29) is 7.92 Å². The predicted octanol–water partition coefficient (Wildman–Crippen LogP) is 6.07. The summed E-state index contributed by atoms with van der Waals surface area (Å²) >= 11 is 2.01. The lowest BCUT2D eigenvalue weighted by Gasteiger charge is -2.12. The van der Waals surface area contributed by atoms with Crippen molar-refractivity contribution in [2.75, 3.05) is 18.1 Å². The summed E-state index contributed by atoms with van der Waals surface area (Å²) in [5, 5.41) is 2.38. The Kier molecular flexibility index (Phi) is 14.0. The Hall–Kier alpha value is 0.520. The highest BCUT2D eigenvalue weighted by Gasteiger charge is 2.02. The molecule has 0 aromatic carbocycles. The van der Waals surface area contributed by atoms with Gasteiger partial charge in [-0.15, -0.1) is 11.8 Å². The fraction of sp³-hybridized carbons (Fsp3) is 0.857. The molecule has 0 radical (unpaired) electrons. The number of hydrogen-bond acceptors (Lipinski definition) is 1. The van der Waals surface area contributed by atoms with E-state index in [1.165, 1.54) is 56.6 Å². The second kappa shape index (κ2) is 13.6. The molecule has 2 heteroatoms. The molecule has 0 N–H and O–H groups in total. The summed E-state index contributed by atoms with van der Waals surface area (Å²) in [5.41, 5.74) is 0. The van der Waals surface area contributed by atoms with Crippen LogP contribution < -0.4 is 0 Å². The highest BCUT2D eigenvalue weighted by molar-refractivity contribution is 8.02. The van der Waals surface area contributed by atoms with E-state index in [4.69, 9.17) is 0 Å². The molecule has 0 saturated carbocycles. The van der Waals surface area contributed by atoms with E-state index in [1.807, 2.05) is 11.8 Å². The maximum Gasteiger partial charge on any atom is -0.00261 e. The molecular formula is C14H29PS. The van der Waals surface area contributed by atoms with E-state index in [9.17, 15) is 0 Å². The molecule has 0 aromatic rings. The monoisotopic (exact) mass is 260 g/mol. The van der Waals surface area contributed by atoms with Crippen molar-refractivity contribution < 1.29 is 0 Å². The van der Waals surface area contributed by atoms with Gasteiger partial charge >= 0.3 is 0 Å². The summed E-state index contributed by atoms with van der Waals surface area (Å²) in [6.07, 6.45) is 11.1. The van der Waals surface area contributed by atoms with Gasteiger partial charge in [-0.2, -0.15) is 0 Å². The van der Waals surface area contributed by atoms with Crippen LogP contribution in [0.4, 0.5) is 0 Å². The minimum absolute atomic E-state index is 0.205. The van der Waals surface area contributed by atoms with Crippen molar-refractivity contribution in [2.45, 2.75) is 59.3 Å². The molecule has 0 aliphatic carbocycles. The van der Waals surface area contributed by atoms with E-state index in [0.717, 1.165) is 0 Å². The van der Waals surface area contributed by atoms with Crippen LogP contribution in [0.1, 0.15) is 59.3 Å². The maximum atomic E-state index is 2.53. The van der Waals surface area contributed by atoms with E-state index < -0.39 is 0 Å². The first-order valence-corrected chi connectivity index (χ1v) is 9.70. The van der Waals surface area contributed by atoms with Gasteiger partial charge in [0.1, 0.15) is 0 Å². The van der Waals surface area contributed by atoms with E-state index in [2.05, 4.69) is 32.0 Å². The van der Waals surface area contributed by atoms with E-state index in [1.54, 1.807) is 0 Å². The third-order valence-electron chi connectivity index (χ3n) is 2.58. The van der Waals surface area contributed by atoms with Crippen LogP contribution in [0.15, 0.2) is 11.2 Å². The topological polar surface area (TPSA) is 0 Å². The Labute approximate surface area is 108 Å². The normalized spacial score (nSPS) is 11.8. The van der Waals surface area contributed by atoms with Crippen molar-refractivity contribution in [1.29, 1.82) is 0 Å². The summed E-state index contributed by atoms with van der Waals surface area (Å²) in [4.78, 5) is 0. The largest absolute Gasteiger partial charge is 0.134 e. The molecule has 0 bridgehead atoms. The molecule has 0 unspecified atom stereocenters. The minimum atomic E-state index is 0.205. The second-order valence-corrected chi connectivity index (χ2v) is 7.64. The zero-order valence-electron chi connectivity index (χ0n) is 11.4. The highest BCUT2D eigenvalue weighted by Crippen LogP contribution is 2.40. The first kappa shape index (κ1) is 16.5. The third kappa shape index (κ3) is 11.0. The van der Waals surface area contributed by atoms with Gasteiger partial charge in [0.2, 0.25) is 0 Å². The Balaban J connectivity index is 3.69. The Morgan fingerprint density at radius 2 is 1.44 bits per heavy atom. The van der Waals surface area contributed by atoms with Gasteiger partial charge < -0.3 is 0 Å². The van der Waals surface area contributed by atoms with Gasteiger partial charge in [-0.3, -0.25) is 0 Å². The standard InChI is InChI=1S/C14H29PS/c1-4-7-10-15(11-8-5-2)12-14-16-13-9-6-3/h12,14H,4-11,13H2,1-3H3. The Morgan fingerprint density at radius 1 is 0.875 bits per heavy atom. The van der Waals surface area contributed by atoms with Crippen LogP contribution >= 0.6 is 19.7 Å². The van der Waals surface area contributed by atoms with Crippen molar-refractivity contribution >= 4 is 19.7 Å². The van der Waals surface area contributed by atoms with Crippen molar-refractivity contribution in [3.63, 3.8) is 0 Å². The zero-order chi connectivity index (χ0) is 12.1. The van der Waals surface area contributed by atoms with Crippen molar-refractivity contribution in [3.05, 3.63) is 11.2 Å². The van der Waals surface area contributed by atoms with E-state index in [0.29, 0.717) is 0 Å². The molecule has 0 aromatic heterocycles. The highest BCUT2D eigenvalue weighted by atomic mass is 32.2. The Morgan fingerprint density at radius 3 is 1.94 bits per heavy atom. The Bertz CT molecular complexity index is 149. The lowest BCUT2D eigenvalue weighted by molar-refractivity contribution is 0.870. The molecule has 0 aliphatic heterocycles. The van der Waals surface area contributed by atoms with Crippen molar-refractivity contribution in [3.8, 4) is 0 Å². The summed E-state index contributed by atoms with van der Waals surface area (Å²) in [6, 6.07) is 0. The molecule has 0 saturated heterocycles. The van der Waals surface area contributed by atoms with Crippen LogP contribution in [-0.2, 0) is 0 Å². The summed E-state index contributed by atoms with van der Waals surface area (Å²) in [7, 11) is 0.205. The fourth-order valence-electron chi connectivity index (χ4n) is 1.41. The van der Waals surface area contributed by atoms with Gasteiger partial charge in [-0.1, -0.05) is 53.8 Å². The maximum absolute atomic E-state index is 2.53. The number of thioether (sulfide) groups is 1. The lowest BCUT2D eigenvalue weighted by atomic mass is 10.4. The van der Waals surface area contributed by atoms with Gasteiger partial charge in [-0.05, 0) is 42.7 Å². The number of unbranched alkanes of at least 4 members (excludes halogenated alkanes) is 3. The molecule has 0 aliphatic rings. The van der Waals surface area contributed by atoms with Gasteiger partial charge in [-0.25, -0.2) is 0 Å². The number of rotatable bonds is 11. The molecule has 0 nitrogen and oxygen atoms in total. The third-order valence-corrected chi connectivity index (χ3v) is 5.99. The summed E-state index contributed by atoms with van der Waals surface area (Å²) in [5.74, 6) is 3.83. The molecule has 0 amide bonds. The first-order chi connectivity index (χ1) is 7.85. The molecule has 0 heterocycles. The van der Waals surface area contributed by atoms with Crippen molar-refractivity contribution in [1.82, 2.24) is 0 Å². The predicted molar refractivity (Wildman–Crippen MR) is 83.0 cm³/mol. The first-order valence-electron chi connectivity index (χ1n) is 6.87. The van der Waals surface area contributed by atoms with Gasteiger partial charge in [0.25, 0.3) is 0 Å². The van der Waals surface area contributed by atoms with Crippen molar-refractivity contribution in [2.24, 2.45) is 0 Å². The van der Waals surface area contributed by atoms with Crippen LogP contribution in [0.3, 0.4) is 0 Å². The zero-order valence-corrected chi connectivity index (χ0v) is 13.1. The average Bonchev–Trinajstić information content (AvgIpc) is 2.31. The minimum Gasteiger partial charge on any atom is -0.134 e. The van der Waals surface area contributed by atoms with Crippen LogP contribution in [-0.4, -0.2) is 18.1 Å². The average molecular weight is 260 g/mol. The molecular weight excluding hydrogens is 231 g/mol. The smallest absolute Gasteiger partial charge is 0.00261 e. The van der Waals surface area contributed by atoms with Crippen LogP contribution in [0.2, 0.25) is 0 Å². The SMILES string of the molecule is CCCCSC=CP(CCCC)CCCC. The molecule has 0 spiro atoms. The fourth-order valence-corrected chi connectivity index (χ4v) is 5.00. The lowest BCUT2D eigenvalue weighted by Crippen LogP contribution is -1.87. The molecule has 0 fully saturated rings. The van der Waals surface area contributed by atoms with Gasteiger partial charge in [0.15, 0.2) is 0 Å². The molecule has 16 heavy (non-hydrogen) atoms. The summed E-state index contributed by atoms with van der Waals surface area (Å²) in [6.45, 7) is 6.86. The van der Waals surface area contributed by atoms with E-state index >= 15 is 0 Å². The van der Waals surface area contributed by atoms with Crippen LogP contribution in [0, 0.1) is 0 Å². The van der Waals surface area contributed by atoms with Gasteiger partial charge in [0.05, 0.1) is 0 Å². The molecule has 96 valence electrons. The number of hydrogen-bond donors (Lipinski definition) is 0.